The molecule has 2 N–H and O–H groups in total. The van der Waals surface area contributed by atoms with Crippen LogP contribution in [0.4, 0.5) is 0 Å². The van der Waals surface area contributed by atoms with Gasteiger partial charge >= 0.3 is 0 Å². The van der Waals surface area contributed by atoms with Crippen molar-refractivity contribution in [1.29, 1.82) is 0 Å². The summed E-state index contributed by atoms with van der Waals surface area (Å²) in [4.78, 5) is 35.1. The minimum atomic E-state index is -0.274. The van der Waals surface area contributed by atoms with Crippen molar-refractivity contribution in [3.05, 3.63) is 57.0 Å². The number of pyridine rings is 1. The molecule has 2 rings (SSSR count). The molecular formula is C16H20N4O2. The standard InChI is InChI=1S/C16H20N4O2/c1-9(2)14-13(6-17-8-19-14)15(21)18-7-12-10(3)5-11(4)20-16(12)22/h5-6,8-9H,7H2,1-4H3,(H,18,21)(H,20,22). The van der Waals surface area contributed by atoms with E-state index in [0.717, 1.165) is 11.3 Å². The fraction of sp³-hybridized carbons (Fsp3) is 0.375. The van der Waals surface area contributed by atoms with E-state index in [4.69, 9.17) is 0 Å². The van der Waals surface area contributed by atoms with E-state index in [1.165, 1.54) is 12.5 Å². The van der Waals surface area contributed by atoms with Crippen LogP contribution in [0.5, 0.6) is 0 Å². The highest BCUT2D eigenvalue weighted by Crippen LogP contribution is 2.15. The molecule has 116 valence electrons. The number of hydrogen-bond donors (Lipinski definition) is 2. The van der Waals surface area contributed by atoms with Gasteiger partial charge in [-0.05, 0) is 31.4 Å². The number of carbonyl (C=O) groups is 1. The van der Waals surface area contributed by atoms with Gasteiger partial charge in [-0.3, -0.25) is 9.59 Å². The summed E-state index contributed by atoms with van der Waals surface area (Å²) in [6.45, 7) is 7.79. The Bertz CT molecular complexity index is 750. The van der Waals surface area contributed by atoms with Crippen LogP contribution in [0.1, 0.15) is 52.6 Å². The topological polar surface area (TPSA) is 87.7 Å². The first-order valence-electron chi connectivity index (χ1n) is 7.17. The van der Waals surface area contributed by atoms with Crippen molar-refractivity contribution in [3.63, 3.8) is 0 Å². The minimum Gasteiger partial charge on any atom is -0.348 e. The molecule has 0 aromatic carbocycles. The van der Waals surface area contributed by atoms with Crippen molar-refractivity contribution in [2.24, 2.45) is 0 Å². The zero-order chi connectivity index (χ0) is 16.3. The second kappa shape index (κ2) is 6.51. The average molecular weight is 300 g/mol. The van der Waals surface area contributed by atoms with Gasteiger partial charge in [-0.2, -0.15) is 0 Å². The third-order valence-electron chi connectivity index (χ3n) is 3.45. The molecule has 6 heteroatoms. The van der Waals surface area contributed by atoms with Crippen LogP contribution in [0.25, 0.3) is 0 Å². The van der Waals surface area contributed by atoms with Crippen molar-refractivity contribution in [2.45, 2.75) is 40.2 Å². The van der Waals surface area contributed by atoms with Crippen LogP contribution in [0.2, 0.25) is 0 Å². The molecule has 0 aliphatic carbocycles. The van der Waals surface area contributed by atoms with E-state index in [9.17, 15) is 9.59 Å². The maximum absolute atomic E-state index is 12.3. The number of rotatable bonds is 4. The molecule has 0 bridgehead atoms. The van der Waals surface area contributed by atoms with Crippen LogP contribution in [0.15, 0.2) is 23.4 Å². The molecule has 2 aromatic heterocycles. The van der Waals surface area contributed by atoms with Gasteiger partial charge in [0.2, 0.25) is 0 Å². The number of H-pyrrole nitrogens is 1. The van der Waals surface area contributed by atoms with Gasteiger partial charge < -0.3 is 10.3 Å². The highest BCUT2D eigenvalue weighted by Gasteiger charge is 2.16. The van der Waals surface area contributed by atoms with Crippen LogP contribution in [0, 0.1) is 13.8 Å². The first kappa shape index (κ1) is 15.9. The number of nitrogens with one attached hydrogen (secondary N) is 2. The molecule has 22 heavy (non-hydrogen) atoms. The van der Waals surface area contributed by atoms with Gasteiger partial charge in [0.15, 0.2) is 0 Å². The summed E-state index contributed by atoms with van der Waals surface area (Å²) >= 11 is 0. The van der Waals surface area contributed by atoms with Crippen LogP contribution >= 0.6 is 0 Å². The Morgan fingerprint density at radius 1 is 1.36 bits per heavy atom. The van der Waals surface area contributed by atoms with Crippen LogP contribution in [0.3, 0.4) is 0 Å². The summed E-state index contributed by atoms with van der Waals surface area (Å²) in [5, 5.41) is 2.77. The Labute approximate surface area is 129 Å². The van der Waals surface area contributed by atoms with Crippen LogP contribution < -0.4 is 10.9 Å². The van der Waals surface area contributed by atoms with E-state index in [1.54, 1.807) is 0 Å². The van der Waals surface area contributed by atoms with E-state index in [-0.39, 0.29) is 23.9 Å². The van der Waals surface area contributed by atoms with Crippen LogP contribution in [-0.2, 0) is 6.54 Å². The first-order valence-corrected chi connectivity index (χ1v) is 7.17. The van der Waals surface area contributed by atoms with Gasteiger partial charge in [-0.25, -0.2) is 9.97 Å². The predicted octanol–water partition coefficient (Wildman–Crippen LogP) is 1.84. The zero-order valence-corrected chi connectivity index (χ0v) is 13.2. The summed E-state index contributed by atoms with van der Waals surface area (Å²) in [6, 6.07) is 1.88. The fourth-order valence-electron chi connectivity index (χ4n) is 2.34. The third-order valence-corrected chi connectivity index (χ3v) is 3.45. The lowest BCUT2D eigenvalue weighted by atomic mass is 10.0. The second-order valence-electron chi connectivity index (χ2n) is 5.60. The molecule has 0 saturated carbocycles. The van der Waals surface area contributed by atoms with E-state index in [0.29, 0.717) is 16.8 Å². The quantitative estimate of drug-likeness (QED) is 0.901. The van der Waals surface area contributed by atoms with Gasteiger partial charge in [0.1, 0.15) is 6.33 Å². The molecule has 0 aliphatic heterocycles. The average Bonchev–Trinajstić information content (AvgIpc) is 2.45. The summed E-state index contributed by atoms with van der Waals surface area (Å²) in [5.74, 6) is -0.156. The van der Waals surface area contributed by atoms with E-state index < -0.39 is 0 Å². The smallest absolute Gasteiger partial charge is 0.254 e. The van der Waals surface area contributed by atoms with Gasteiger partial charge in [-0.15, -0.1) is 0 Å². The molecule has 2 heterocycles. The highest BCUT2D eigenvalue weighted by molar-refractivity contribution is 5.95. The monoisotopic (exact) mass is 300 g/mol. The lowest BCUT2D eigenvalue weighted by Crippen LogP contribution is -2.29. The largest absolute Gasteiger partial charge is 0.348 e. The number of carbonyl (C=O) groups excluding carboxylic acids is 1. The molecule has 0 radical (unpaired) electrons. The molecule has 2 aromatic rings. The Morgan fingerprint density at radius 2 is 2.09 bits per heavy atom. The van der Waals surface area contributed by atoms with Crippen molar-refractivity contribution in [3.8, 4) is 0 Å². The highest BCUT2D eigenvalue weighted by atomic mass is 16.1. The molecule has 6 nitrogen and oxygen atoms in total. The zero-order valence-electron chi connectivity index (χ0n) is 13.2. The lowest BCUT2D eigenvalue weighted by molar-refractivity contribution is 0.0948. The van der Waals surface area contributed by atoms with Crippen LogP contribution in [-0.4, -0.2) is 20.9 Å². The van der Waals surface area contributed by atoms with Crippen molar-refractivity contribution < 1.29 is 4.79 Å². The number of aromatic nitrogens is 3. The van der Waals surface area contributed by atoms with E-state index >= 15 is 0 Å². The Hall–Kier alpha value is -2.50. The molecule has 0 unspecified atom stereocenters. The SMILES string of the molecule is Cc1cc(C)c(CNC(=O)c2cncnc2C(C)C)c(=O)[nH]1. The molecule has 0 spiro atoms. The number of amides is 1. The van der Waals surface area contributed by atoms with E-state index in [1.807, 2.05) is 33.8 Å². The molecule has 0 saturated heterocycles. The maximum Gasteiger partial charge on any atom is 0.254 e. The maximum atomic E-state index is 12.3. The summed E-state index contributed by atoms with van der Waals surface area (Å²) in [7, 11) is 0. The normalized spacial score (nSPS) is 10.8. The Kier molecular flexibility index (Phi) is 4.70. The summed E-state index contributed by atoms with van der Waals surface area (Å²) in [5.41, 5.74) is 3.18. The molecule has 0 atom stereocenters. The van der Waals surface area contributed by atoms with Crippen molar-refractivity contribution >= 4 is 5.91 Å². The third kappa shape index (κ3) is 3.39. The van der Waals surface area contributed by atoms with E-state index in [2.05, 4.69) is 20.3 Å². The summed E-state index contributed by atoms with van der Waals surface area (Å²) < 4.78 is 0. The van der Waals surface area contributed by atoms with Gasteiger partial charge in [-0.1, -0.05) is 13.8 Å². The molecule has 0 aliphatic rings. The van der Waals surface area contributed by atoms with Crippen molar-refractivity contribution in [2.75, 3.05) is 0 Å². The molecule has 0 fully saturated rings. The Balaban J connectivity index is 2.20. The number of aromatic amines is 1. The number of aryl methyl sites for hydroxylation is 2. The Morgan fingerprint density at radius 3 is 2.73 bits per heavy atom. The molecular weight excluding hydrogens is 280 g/mol. The van der Waals surface area contributed by atoms with Gasteiger partial charge in [0.05, 0.1) is 11.3 Å². The number of hydrogen-bond acceptors (Lipinski definition) is 4. The second-order valence-corrected chi connectivity index (χ2v) is 5.60. The minimum absolute atomic E-state index is 0.119. The van der Waals surface area contributed by atoms with Gasteiger partial charge in [0.25, 0.3) is 11.5 Å². The summed E-state index contributed by atoms with van der Waals surface area (Å²) in [6.07, 6.45) is 2.94. The van der Waals surface area contributed by atoms with Crippen molar-refractivity contribution in [1.82, 2.24) is 20.3 Å². The first-order chi connectivity index (χ1) is 10.4. The molecule has 1 amide bonds. The predicted molar refractivity (Wildman–Crippen MR) is 83.8 cm³/mol. The fourth-order valence-corrected chi connectivity index (χ4v) is 2.34. The number of nitrogens with zero attached hydrogens (tertiary/aromatic N) is 2. The lowest BCUT2D eigenvalue weighted by Gasteiger charge is -2.11. The van der Waals surface area contributed by atoms with Gasteiger partial charge in [0, 0.05) is 24.0 Å².